The summed E-state index contributed by atoms with van der Waals surface area (Å²) in [6.45, 7) is 8.24. The van der Waals surface area contributed by atoms with Crippen LogP contribution < -0.4 is 0 Å². The first-order chi connectivity index (χ1) is 7.49. The van der Waals surface area contributed by atoms with Crippen molar-refractivity contribution in [2.24, 2.45) is 5.92 Å². The molecule has 0 fully saturated rings. The predicted molar refractivity (Wildman–Crippen MR) is 69.3 cm³/mol. The second-order valence-corrected chi connectivity index (χ2v) is 5.05. The summed E-state index contributed by atoms with van der Waals surface area (Å²) >= 11 is 0. The predicted octanol–water partition coefficient (Wildman–Crippen LogP) is 4.21. The van der Waals surface area contributed by atoms with Gasteiger partial charge in [0.1, 0.15) is 0 Å². The number of hydrogen-bond donors (Lipinski definition) is 0. The van der Waals surface area contributed by atoms with Crippen LogP contribution >= 0.6 is 0 Å². The standard InChI is InChI=1S/C15H22O/c1-11(2)9-15(16)10-13(4)14-7-5-12(3)6-8-14/h5,7,9,13H,6,8,10H2,1-4H3/t13-/m0/s1. The Labute approximate surface area is 98.9 Å². The first-order valence-electron chi connectivity index (χ1n) is 6.03. The van der Waals surface area contributed by atoms with Gasteiger partial charge in [-0.15, -0.1) is 0 Å². The maximum Gasteiger partial charge on any atom is 0.156 e. The Morgan fingerprint density at radius 2 is 2.06 bits per heavy atom. The zero-order valence-corrected chi connectivity index (χ0v) is 10.8. The van der Waals surface area contributed by atoms with Crippen molar-refractivity contribution in [1.29, 1.82) is 0 Å². The van der Waals surface area contributed by atoms with Crippen LogP contribution in [0.1, 0.15) is 47.0 Å². The van der Waals surface area contributed by atoms with Crippen LogP contribution in [0.25, 0.3) is 0 Å². The molecule has 0 unspecified atom stereocenters. The third-order valence-corrected chi connectivity index (χ3v) is 2.98. The Morgan fingerprint density at radius 3 is 2.56 bits per heavy atom. The molecule has 0 heterocycles. The molecular weight excluding hydrogens is 196 g/mol. The van der Waals surface area contributed by atoms with Crippen molar-refractivity contribution in [1.82, 2.24) is 0 Å². The molecule has 0 spiro atoms. The molecule has 1 aliphatic rings. The highest BCUT2D eigenvalue weighted by atomic mass is 16.1. The molecule has 1 nitrogen and oxygen atoms in total. The van der Waals surface area contributed by atoms with Crippen molar-refractivity contribution in [3.05, 3.63) is 34.9 Å². The second kappa shape index (κ2) is 5.83. The summed E-state index contributed by atoms with van der Waals surface area (Å²) in [5.74, 6) is 0.632. The molecular formula is C15H22O. The molecule has 0 aromatic carbocycles. The van der Waals surface area contributed by atoms with E-state index in [4.69, 9.17) is 0 Å². The van der Waals surface area contributed by atoms with Gasteiger partial charge in [0.05, 0.1) is 0 Å². The highest BCUT2D eigenvalue weighted by molar-refractivity contribution is 5.90. The van der Waals surface area contributed by atoms with Crippen LogP contribution in [-0.2, 0) is 4.79 Å². The number of carbonyl (C=O) groups excluding carboxylic acids is 1. The van der Waals surface area contributed by atoms with E-state index in [1.807, 2.05) is 13.8 Å². The molecule has 0 aromatic heterocycles. The Balaban J connectivity index is 2.56. The van der Waals surface area contributed by atoms with Gasteiger partial charge in [0.15, 0.2) is 5.78 Å². The fourth-order valence-electron chi connectivity index (χ4n) is 1.98. The molecule has 1 atom stereocenters. The van der Waals surface area contributed by atoms with Gasteiger partial charge in [-0.05, 0) is 45.6 Å². The number of hydrogen-bond acceptors (Lipinski definition) is 1. The first-order valence-corrected chi connectivity index (χ1v) is 6.03. The lowest BCUT2D eigenvalue weighted by molar-refractivity contribution is -0.115. The minimum absolute atomic E-state index is 0.250. The topological polar surface area (TPSA) is 17.1 Å². The van der Waals surface area contributed by atoms with Crippen LogP contribution in [0.4, 0.5) is 0 Å². The second-order valence-electron chi connectivity index (χ2n) is 5.05. The van der Waals surface area contributed by atoms with Crippen molar-refractivity contribution < 1.29 is 4.79 Å². The molecule has 1 rings (SSSR count). The molecule has 88 valence electrons. The average Bonchev–Trinajstić information content (AvgIpc) is 2.16. The SMILES string of the molecule is CC(C)=CC(=O)C[C@H](C)C1=CC=C(C)CC1. The summed E-state index contributed by atoms with van der Waals surface area (Å²) in [5.41, 5.74) is 3.94. The Hall–Kier alpha value is -1.11. The van der Waals surface area contributed by atoms with E-state index in [9.17, 15) is 4.79 Å². The van der Waals surface area contributed by atoms with E-state index in [0.29, 0.717) is 12.3 Å². The minimum Gasteiger partial charge on any atom is -0.295 e. The Kier molecular flexibility index (Phi) is 4.72. The van der Waals surface area contributed by atoms with Crippen molar-refractivity contribution in [2.45, 2.75) is 47.0 Å². The van der Waals surface area contributed by atoms with Crippen molar-refractivity contribution >= 4 is 5.78 Å². The van der Waals surface area contributed by atoms with Crippen LogP contribution in [-0.4, -0.2) is 5.78 Å². The van der Waals surface area contributed by atoms with Crippen molar-refractivity contribution in [3.63, 3.8) is 0 Å². The molecule has 1 heteroatoms. The maximum atomic E-state index is 11.7. The molecule has 0 amide bonds. The molecule has 0 aliphatic heterocycles. The molecule has 0 saturated carbocycles. The largest absolute Gasteiger partial charge is 0.295 e. The summed E-state index contributed by atoms with van der Waals surface area (Å²) in [7, 11) is 0. The van der Waals surface area contributed by atoms with Gasteiger partial charge in [0.2, 0.25) is 0 Å². The quantitative estimate of drug-likeness (QED) is 0.646. The van der Waals surface area contributed by atoms with Gasteiger partial charge < -0.3 is 0 Å². The number of allylic oxidation sites excluding steroid dienone is 6. The van der Waals surface area contributed by atoms with Crippen molar-refractivity contribution in [3.8, 4) is 0 Å². The zero-order valence-electron chi connectivity index (χ0n) is 10.8. The van der Waals surface area contributed by atoms with E-state index in [2.05, 4.69) is 26.0 Å². The van der Waals surface area contributed by atoms with Crippen LogP contribution in [0.5, 0.6) is 0 Å². The zero-order chi connectivity index (χ0) is 12.1. The molecule has 0 N–H and O–H groups in total. The van der Waals surface area contributed by atoms with E-state index < -0.39 is 0 Å². The summed E-state index contributed by atoms with van der Waals surface area (Å²) in [5, 5.41) is 0. The van der Waals surface area contributed by atoms with E-state index in [1.54, 1.807) is 6.08 Å². The van der Waals surface area contributed by atoms with Crippen molar-refractivity contribution in [2.75, 3.05) is 0 Å². The van der Waals surface area contributed by atoms with Gasteiger partial charge >= 0.3 is 0 Å². The van der Waals surface area contributed by atoms with Crippen LogP contribution in [0, 0.1) is 5.92 Å². The van der Waals surface area contributed by atoms with Crippen LogP contribution in [0.2, 0.25) is 0 Å². The molecule has 16 heavy (non-hydrogen) atoms. The smallest absolute Gasteiger partial charge is 0.156 e. The number of rotatable bonds is 4. The van der Waals surface area contributed by atoms with Gasteiger partial charge in [-0.2, -0.15) is 0 Å². The van der Waals surface area contributed by atoms with Crippen LogP contribution in [0.15, 0.2) is 34.9 Å². The minimum atomic E-state index is 0.250. The molecule has 0 bridgehead atoms. The molecule has 0 radical (unpaired) electrons. The lowest BCUT2D eigenvalue weighted by Crippen LogP contribution is -2.08. The van der Waals surface area contributed by atoms with Gasteiger partial charge in [-0.3, -0.25) is 4.79 Å². The highest BCUT2D eigenvalue weighted by Crippen LogP contribution is 2.26. The lowest BCUT2D eigenvalue weighted by atomic mass is 9.87. The van der Waals surface area contributed by atoms with E-state index >= 15 is 0 Å². The third-order valence-electron chi connectivity index (χ3n) is 2.98. The monoisotopic (exact) mass is 218 g/mol. The number of carbonyl (C=O) groups is 1. The van der Waals surface area contributed by atoms with Gasteiger partial charge in [-0.1, -0.05) is 35.8 Å². The van der Waals surface area contributed by atoms with E-state index in [0.717, 1.165) is 18.4 Å². The fourth-order valence-corrected chi connectivity index (χ4v) is 1.98. The third kappa shape index (κ3) is 4.18. The lowest BCUT2D eigenvalue weighted by Gasteiger charge is -2.18. The van der Waals surface area contributed by atoms with Gasteiger partial charge in [-0.25, -0.2) is 0 Å². The van der Waals surface area contributed by atoms with E-state index in [1.165, 1.54) is 11.1 Å². The summed E-state index contributed by atoms with van der Waals surface area (Å²) in [6.07, 6.45) is 9.03. The van der Waals surface area contributed by atoms with Gasteiger partial charge in [0.25, 0.3) is 0 Å². The highest BCUT2D eigenvalue weighted by Gasteiger charge is 2.13. The summed E-state index contributed by atoms with van der Waals surface area (Å²) < 4.78 is 0. The Bertz CT molecular complexity index is 352. The molecule has 0 saturated heterocycles. The fraction of sp³-hybridized carbons (Fsp3) is 0.533. The average molecular weight is 218 g/mol. The van der Waals surface area contributed by atoms with Gasteiger partial charge in [0, 0.05) is 6.42 Å². The Morgan fingerprint density at radius 1 is 1.38 bits per heavy atom. The normalized spacial score (nSPS) is 17.2. The van der Waals surface area contributed by atoms with E-state index in [-0.39, 0.29) is 5.78 Å². The maximum absolute atomic E-state index is 11.7. The summed E-state index contributed by atoms with van der Waals surface area (Å²) in [6, 6.07) is 0. The molecule has 0 aromatic rings. The van der Waals surface area contributed by atoms with Crippen LogP contribution in [0.3, 0.4) is 0 Å². The number of ketones is 1. The molecule has 1 aliphatic carbocycles. The first kappa shape index (κ1) is 13.0. The summed E-state index contributed by atoms with van der Waals surface area (Å²) in [4.78, 5) is 11.7.